The summed E-state index contributed by atoms with van der Waals surface area (Å²) in [4.78, 5) is 10.3. The first kappa shape index (κ1) is 14.8. The minimum Gasteiger partial charge on any atom is -0.497 e. The molecule has 0 aromatic heterocycles. The highest BCUT2D eigenvalue weighted by Gasteiger charge is 2.07. The van der Waals surface area contributed by atoms with Gasteiger partial charge in [0.05, 0.1) is 12.0 Å². The van der Waals surface area contributed by atoms with Gasteiger partial charge in [0.1, 0.15) is 5.75 Å². The molecule has 0 aliphatic rings. The van der Waals surface area contributed by atoms with Crippen molar-refractivity contribution in [3.8, 4) is 5.75 Å². The molecular weight excluding hydrogens is 268 g/mol. The molecule has 0 bridgehead atoms. The second-order valence-corrected chi connectivity index (χ2v) is 4.78. The fraction of sp³-hybridized carbons (Fsp3) is 0.250. The van der Waals surface area contributed by atoms with Crippen molar-refractivity contribution in [1.82, 2.24) is 0 Å². The number of ether oxygens (including phenoxy) is 1. The summed E-state index contributed by atoms with van der Waals surface area (Å²) in [5.41, 5.74) is 3.13. The van der Waals surface area contributed by atoms with Gasteiger partial charge in [0.25, 0.3) is 5.69 Å². The molecule has 0 saturated carbocycles. The van der Waals surface area contributed by atoms with Gasteiger partial charge in [-0.3, -0.25) is 10.1 Å². The van der Waals surface area contributed by atoms with Gasteiger partial charge in [0, 0.05) is 24.4 Å². The van der Waals surface area contributed by atoms with Crippen LogP contribution in [0, 0.1) is 17.0 Å². The van der Waals surface area contributed by atoms with Gasteiger partial charge >= 0.3 is 0 Å². The zero-order valence-corrected chi connectivity index (χ0v) is 12.1. The molecule has 1 N–H and O–H groups in total. The van der Waals surface area contributed by atoms with Gasteiger partial charge in [-0.05, 0) is 42.7 Å². The van der Waals surface area contributed by atoms with Crippen molar-refractivity contribution in [2.24, 2.45) is 0 Å². The second-order valence-electron chi connectivity index (χ2n) is 4.78. The monoisotopic (exact) mass is 286 g/mol. The zero-order valence-electron chi connectivity index (χ0n) is 12.1. The topological polar surface area (TPSA) is 64.4 Å². The van der Waals surface area contributed by atoms with Crippen LogP contribution in [0.25, 0.3) is 0 Å². The Balaban J connectivity index is 1.92. The Hall–Kier alpha value is -2.56. The van der Waals surface area contributed by atoms with Crippen LogP contribution in [-0.4, -0.2) is 18.6 Å². The Morgan fingerprint density at radius 1 is 1.19 bits per heavy atom. The number of aryl methyl sites for hydroxylation is 1. The van der Waals surface area contributed by atoms with Crippen molar-refractivity contribution in [2.45, 2.75) is 13.3 Å². The third kappa shape index (κ3) is 3.95. The van der Waals surface area contributed by atoms with E-state index in [0.717, 1.165) is 30.0 Å². The maximum atomic E-state index is 10.7. The predicted octanol–water partition coefficient (Wildman–Crippen LogP) is 3.57. The Labute approximate surface area is 123 Å². The van der Waals surface area contributed by atoms with Crippen LogP contribution in [-0.2, 0) is 6.42 Å². The zero-order chi connectivity index (χ0) is 15.2. The molecule has 2 aromatic carbocycles. The molecule has 0 amide bonds. The summed E-state index contributed by atoms with van der Waals surface area (Å²) in [6, 6.07) is 12.8. The molecule has 2 aromatic rings. The summed E-state index contributed by atoms with van der Waals surface area (Å²) < 4.78 is 5.12. The number of nitrogens with zero attached hydrogens (tertiary/aromatic N) is 1. The number of rotatable bonds is 6. The number of methoxy groups -OCH3 is 1. The molecule has 0 aliphatic carbocycles. The molecule has 0 spiro atoms. The van der Waals surface area contributed by atoms with E-state index in [-0.39, 0.29) is 10.6 Å². The third-order valence-electron chi connectivity index (χ3n) is 3.31. The van der Waals surface area contributed by atoms with E-state index in [0.29, 0.717) is 0 Å². The highest BCUT2D eigenvalue weighted by molar-refractivity contribution is 5.55. The van der Waals surface area contributed by atoms with Crippen LogP contribution >= 0.6 is 0 Å². The van der Waals surface area contributed by atoms with E-state index < -0.39 is 0 Å². The van der Waals surface area contributed by atoms with E-state index in [1.165, 1.54) is 11.6 Å². The molecule has 5 heteroatoms. The number of hydrogen-bond acceptors (Lipinski definition) is 4. The summed E-state index contributed by atoms with van der Waals surface area (Å²) in [5.74, 6) is 0.845. The number of nitro groups is 1. The number of nitro benzene ring substituents is 1. The summed E-state index contributed by atoms with van der Waals surface area (Å²) in [6.07, 6.45) is 0.875. The van der Waals surface area contributed by atoms with Crippen LogP contribution in [0.5, 0.6) is 5.75 Å². The predicted molar refractivity (Wildman–Crippen MR) is 83.0 cm³/mol. The van der Waals surface area contributed by atoms with Gasteiger partial charge in [-0.1, -0.05) is 12.1 Å². The number of nitrogens with one attached hydrogen (secondary N) is 1. The normalized spacial score (nSPS) is 10.2. The standard InChI is InChI=1S/C16H18N2O3/c1-12-11-14(18(19)20)5-8-16(12)17-10-9-13-3-6-15(21-2)7-4-13/h3-8,11,17H,9-10H2,1-2H3. The van der Waals surface area contributed by atoms with Gasteiger partial charge in [-0.15, -0.1) is 0 Å². The first-order chi connectivity index (χ1) is 10.1. The molecule has 0 unspecified atom stereocenters. The van der Waals surface area contributed by atoms with Gasteiger partial charge in [-0.2, -0.15) is 0 Å². The van der Waals surface area contributed by atoms with E-state index in [1.807, 2.05) is 31.2 Å². The van der Waals surface area contributed by atoms with E-state index in [4.69, 9.17) is 4.74 Å². The van der Waals surface area contributed by atoms with Gasteiger partial charge in [0.2, 0.25) is 0 Å². The number of hydrogen-bond donors (Lipinski definition) is 1. The number of anilines is 1. The van der Waals surface area contributed by atoms with Crippen molar-refractivity contribution in [2.75, 3.05) is 19.0 Å². The van der Waals surface area contributed by atoms with Crippen LogP contribution < -0.4 is 10.1 Å². The lowest BCUT2D eigenvalue weighted by atomic mass is 10.1. The van der Waals surface area contributed by atoms with Gasteiger partial charge in [0.15, 0.2) is 0 Å². The maximum Gasteiger partial charge on any atom is 0.269 e. The Morgan fingerprint density at radius 2 is 1.90 bits per heavy atom. The molecule has 0 fully saturated rings. The van der Waals surface area contributed by atoms with Crippen LogP contribution in [0.1, 0.15) is 11.1 Å². The number of non-ortho nitro benzene ring substituents is 1. The third-order valence-corrected chi connectivity index (χ3v) is 3.31. The average molecular weight is 286 g/mol. The fourth-order valence-electron chi connectivity index (χ4n) is 2.09. The summed E-state index contributed by atoms with van der Waals surface area (Å²) in [6.45, 7) is 2.63. The van der Waals surface area contributed by atoms with Crippen molar-refractivity contribution < 1.29 is 9.66 Å². The minimum absolute atomic E-state index is 0.119. The molecule has 0 saturated heterocycles. The van der Waals surface area contributed by atoms with Crippen LogP contribution in [0.3, 0.4) is 0 Å². The first-order valence-corrected chi connectivity index (χ1v) is 6.72. The van der Waals surface area contributed by atoms with Crippen LogP contribution in [0.15, 0.2) is 42.5 Å². The average Bonchev–Trinajstić information content (AvgIpc) is 2.49. The molecule has 0 atom stereocenters. The molecule has 0 heterocycles. The van der Waals surface area contributed by atoms with E-state index in [2.05, 4.69) is 5.32 Å². The lowest BCUT2D eigenvalue weighted by Crippen LogP contribution is -2.06. The quantitative estimate of drug-likeness (QED) is 0.651. The van der Waals surface area contributed by atoms with Crippen molar-refractivity contribution in [3.05, 3.63) is 63.7 Å². The minimum atomic E-state index is -0.381. The highest BCUT2D eigenvalue weighted by atomic mass is 16.6. The molecule has 0 radical (unpaired) electrons. The molecular formula is C16H18N2O3. The Morgan fingerprint density at radius 3 is 2.48 bits per heavy atom. The second kappa shape index (κ2) is 6.74. The smallest absolute Gasteiger partial charge is 0.269 e. The highest BCUT2D eigenvalue weighted by Crippen LogP contribution is 2.21. The van der Waals surface area contributed by atoms with Crippen molar-refractivity contribution in [1.29, 1.82) is 0 Å². The van der Waals surface area contributed by atoms with Crippen molar-refractivity contribution in [3.63, 3.8) is 0 Å². The van der Waals surface area contributed by atoms with Crippen molar-refractivity contribution >= 4 is 11.4 Å². The van der Waals surface area contributed by atoms with Gasteiger partial charge in [-0.25, -0.2) is 0 Å². The van der Waals surface area contributed by atoms with E-state index in [1.54, 1.807) is 19.2 Å². The molecule has 0 aliphatic heterocycles. The van der Waals surface area contributed by atoms with E-state index >= 15 is 0 Å². The fourth-order valence-corrected chi connectivity index (χ4v) is 2.09. The lowest BCUT2D eigenvalue weighted by molar-refractivity contribution is -0.384. The van der Waals surface area contributed by atoms with Crippen LogP contribution in [0.2, 0.25) is 0 Å². The van der Waals surface area contributed by atoms with Crippen LogP contribution in [0.4, 0.5) is 11.4 Å². The maximum absolute atomic E-state index is 10.7. The van der Waals surface area contributed by atoms with E-state index in [9.17, 15) is 10.1 Å². The molecule has 110 valence electrons. The number of benzene rings is 2. The summed E-state index contributed by atoms with van der Waals surface area (Å²) in [7, 11) is 1.65. The Bertz CT molecular complexity index is 624. The lowest BCUT2D eigenvalue weighted by Gasteiger charge is -2.09. The SMILES string of the molecule is COc1ccc(CCNc2ccc([N+](=O)[O-])cc2C)cc1. The largest absolute Gasteiger partial charge is 0.497 e. The Kier molecular flexibility index (Phi) is 4.77. The summed E-state index contributed by atoms with van der Waals surface area (Å²) in [5, 5.41) is 14.0. The molecule has 2 rings (SSSR count). The van der Waals surface area contributed by atoms with Gasteiger partial charge < -0.3 is 10.1 Å². The first-order valence-electron chi connectivity index (χ1n) is 6.72. The molecule has 21 heavy (non-hydrogen) atoms. The molecule has 5 nitrogen and oxygen atoms in total. The summed E-state index contributed by atoms with van der Waals surface area (Å²) >= 11 is 0.